The average molecular weight is 992 g/mol. The van der Waals surface area contributed by atoms with Crippen molar-refractivity contribution in [3.63, 3.8) is 0 Å². The van der Waals surface area contributed by atoms with Gasteiger partial charge in [-0.3, -0.25) is 4.79 Å². The van der Waals surface area contributed by atoms with Crippen LogP contribution in [0.3, 0.4) is 0 Å². The van der Waals surface area contributed by atoms with Crippen molar-refractivity contribution in [3.8, 4) is 0 Å². The number of rotatable bonds is 15. The van der Waals surface area contributed by atoms with Crippen molar-refractivity contribution >= 4 is 47.0 Å². The van der Waals surface area contributed by atoms with Crippen molar-refractivity contribution in [2.45, 2.75) is 146 Å². The van der Waals surface area contributed by atoms with Gasteiger partial charge in [-0.25, -0.2) is 19.2 Å². The predicted molar refractivity (Wildman–Crippen MR) is 250 cm³/mol. The molecule has 10 atom stereocenters. The Kier molecular flexibility index (Phi) is 17.6. The molecule has 3 aliphatic rings. The molecule has 69 heavy (non-hydrogen) atoms. The maximum atomic E-state index is 14.3. The first kappa shape index (κ1) is 52.9. The number of hydrogen-bond donors (Lipinski definition) is 0. The number of benzene rings is 3. The molecule has 0 saturated carbocycles. The van der Waals surface area contributed by atoms with Gasteiger partial charge in [0, 0.05) is 11.8 Å². The van der Waals surface area contributed by atoms with E-state index in [2.05, 4.69) is 10.0 Å². The first-order valence-electron chi connectivity index (χ1n) is 22.9. The molecule has 0 aromatic heterocycles. The zero-order chi connectivity index (χ0) is 50.2. The van der Waals surface area contributed by atoms with Crippen LogP contribution in [-0.4, -0.2) is 122 Å². The molecule has 0 amide bonds. The van der Waals surface area contributed by atoms with Gasteiger partial charge in [-0.15, -0.1) is 0 Å². The van der Waals surface area contributed by atoms with Crippen molar-refractivity contribution in [3.05, 3.63) is 118 Å². The molecular formula is C48H61N3O16Si2. The Balaban J connectivity index is 1.57. The fraction of sp³-hybridized carbons (Fsp3) is 0.521. The molecule has 3 fully saturated rings. The largest absolute Gasteiger partial charge is 0.467 e. The number of hydrogen-bond acceptors (Lipinski definition) is 17. The van der Waals surface area contributed by atoms with Gasteiger partial charge in [0.2, 0.25) is 0 Å². The lowest BCUT2D eigenvalue weighted by atomic mass is 9.95. The highest BCUT2D eigenvalue weighted by molar-refractivity contribution is 6.84. The minimum absolute atomic E-state index is 0.0470. The van der Waals surface area contributed by atoms with E-state index in [1.807, 2.05) is 55.4 Å². The number of methoxy groups -OCH3 is 1. The number of azide groups is 1. The molecule has 3 saturated heterocycles. The van der Waals surface area contributed by atoms with Gasteiger partial charge in [-0.1, -0.05) is 115 Å². The lowest BCUT2D eigenvalue weighted by Crippen LogP contribution is -2.72. The monoisotopic (exact) mass is 991 g/mol. The van der Waals surface area contributed by atoms with Crippen molar-refractivity contribution in [2.75, 3.05) is 13.7 Å². The number of ether oxygens (including phenoxy) is 8. The Labute approximate surface area is 403 Å². The summed E-state index contributed by atoms with van der Waals surface area (Å²) in [7, 11) is -5.68. The second-order valence-corrected chi connectivity index (χ2v) is 27.0. The Bertz CT molecular complexity index is 2290. The maximum absolute atomic E-state index is 14.3. The van der Waals surface area contributed by atoms with E-state index in [0.29, 0.717) is 0 Å². The molecule has 0 radical (unpaired) electrons. The number of carbonyl (C=O) groups excluding carboxylic acids is 5. The van der Waals surface area contributed by atoms with Crippen LogP contribution in [-0.2, 0) is 60.5 Å². The van der Waals surface area contributed by atoms with E-state index in [1.165, 1.54) is 36.4 Å². The van der Waals surface area contributed by atoms with Crippen LogP contribution in [0.15, 0.2) is 96.1 Å². The highest BCUT2D eigenvalue weighted by Gasteiger charge is 2.64. The fourth-order valence-electron chi connectivity index (χ4n) is 8.99. The molecular weight excluding hydrogens is 931 g/mol. The number of carbonyl (C=O) groups is 5. The molecule has 3 aromatic rings. The van der Waals surface area contributed by atoms with Crippen molar-refractivity contribution in [2.24, 2.45) is 5.11 Å². The van der Waals surface area contributed by atoms with E-state index in [9.17, 15) is 29.5 Å². The normalized spacial score (nSPS) is 27.4. The lowest BCUT2D eigenvalue weighted by Gasteiger charge is -2.55. The van der Waals surface area contributed by atoms with Crippen molar-refractivity contribution < 1.29 is 74.8 Å². The van der Waals surface area contributed by atoms with E-state index in [4.69, 9.17) is 50.9 Å². The van der Waals surface area contributed by atoms with Gasteiger partial charge in [0.05, 0.1) is 30.4 Å². The van der Waals surface area contributed by atoms with E-state index < -0.39 is 108 Å². The van der Waals surface area contributed by atoms with Crippen LogP contribution < -0.4 is 0 Å². The SMILES string of the molecule is COC(=O)[C@H]1O[C@H](O[C@@H]2[C@@H](OC(C)=O)[C@H](N=[N+]=[N-])O[C@@H]3CO[Si](C(C)C)(C(C)C)O[Si](C(C)C)(C(C)C)O[C@@H]23)[C@H](OC(=O)c2ccccc2)[C@@H](OC(=O)c2ccccc2)[C@@H]1OC(=O)c1ccccc1. The van der Waals surface area contributed by atoms with Crippen molar-refractivity contribution in [1.29, 1.82) is 0 Å². The molecule has 21 heteroatoms. The zero-order valence-corrected chi connectivity index (χ0v) is 42.3. The highest BCUT2D eigenvalue weighted by atomic mass is 28.5. The predicted octanol–water partition coefficient (Wildman–Crippen LogP) is 7.87. The quantitative estimate of drug-likeness (QED) is 0.0352. The van der Waals surface area contributed by atoms with Gasteiger partial charge >= 0.3 is 47.0 Å². The smallest absolute Gasteiger partial charge is 0.339 e. The topological polar surface area (TPSA) is 236 Å². The summed E-state index contributed by atoms with van der Waals surface area (Å²) in [4.78, 5) is 72.5. The third kappa shape index (κ3) is 11.6. The van der Waals surface area contributed by atoms with Crippen LogP contribution in [0.1, 0.15) is 93.4 Å². The molecule has 3 aliphatic heterocycles. The summed E-state index contributed by atoms with van der Waals surface area (Å²) in [5, 5.41) is 3.90. The lowest BCUT2D eigenvalue weighted by molar-refractivity contribution is -0.334. The molecule has 3 aromatic carbocycles. The average Bonchev–Trinajstić information content (AvgIpc) is 3.32. The number of esters is 5. The summed E-state index contributed by atoms with van der Waals surface area (Å²) in [6.07, 6.45) is -16.6. The van der Waals surface area contributed by atoms with Gasteiger partial charge in [-0.2, -0.15) is 0 Å². The van der Waals surface area contributed by atoms with Gasteiger partial charge in [0.15, 0.2) is 43.0 Å². The van der Waals surface area contributed by atoms with Crippen LogP contribution >= 0.6 is 0 Å². The highest BCUT2D eigenvalue weighted by Crippen LogP contribution is 2.48. The zero-order valence-electron chi connectivity index (χ0n) is 40.3. The number of fused-ring (bicyclic) bond motifs is 1. The van der Waals surface area contributed by atoms with Crippen molar-refractivity contribution in [1.82, 2.24) is 0 Å². The summed E-state index contributed by atoms with van der Waals surface area (Å²) in [5.41, 5.74) is 9.46. The number of nitrogens with zero attached hydrogens (tertiary/aromatic N) is 3. The molecule has 19 nitrogen and oxygen atoms in total. The first-order chi connectivity index (χ1) is 32.9. The fourth-order valence-corrected chi connectivity index (χ4v) is 20.2. The maximum Gasteiger partial charge on any atom is 0.339 e. The second-order valence-electron chi connectivity index (χ2n) is 18.2. The third-order valence-electron chi connectivity index (χ3n) is 12.4. The van der Waals surface area contributed by atoms with Crippen LogP contribution in [0.4, 0.5) is 0 Å². The Hall–Kier alpha value is -5.49. The summed E-state index contributed by atoms with van der Waals surface area (Å²) in [5.74, 6) is -4.82. The van der Waals surface area contributed by atoms with E-state index in [-0.39, 0.29) is 45.5 Å². The minimum Gasteiger partial charge on any atom is -0.467 e. The third-order valence-corrected chi connectivity index (χ3v) is 22.6. The van der Waals surface area contributed by atoms with Gasteiger partial charge < -0.3 is 50.9 Å². The molecule has 6 rings (SSSR count). The Morgan fingerprint density at radius 1 is 0.623 bits per heavy atom. The summed E-state index contributed by atoms with van der Waals surface area (Å²) in [6.45, 7) is 17.1. The molecule has 0 unspecified atom stereocenters. The Morgan fingerprint density at radius 3 is 1.52 bits per heavy atom. The molecule has 0 aliphatic carbocycles. The van der Waals surface area contributed by atoms with Gasteiger partial charge in [-0.05, 0) is 64.1 Å². The minimum atomic E-state index is -3.56. The Morgan fingerprint density at radius 2 is 1.09 bits per heavy atom. The first-order valence-corrected chi connectivity index (χ1v) is 26.9. The van der Waals surface area contributed by atoms with E-state index in [1.54, 1.807) is 54.6 Å². The summed E-state index contributed by atoms with van der Waals surface area (Å²) < 4.78 is 71.2. The van der Waals surface area contributed by atoms with E-state index >= 15 is 0 Å². The van der Waals surface area contributed by atoms with Gasteiger partial charge in [0.25, 0.3) is 0 Å². The molecule has 372 valence electrons. The molecule has 0 bridgehead atoms. The van der Waals surface area contributed by atoms with Gasteiger partial charge in [0.1, 0.15) is 18.3 Å². The molecule has 3 heterocycles. The second kappa shape index (κ2) is 23.0. The van der Waals surface area contributed by atoms with Crippen LogP contribution in [0.5, 0.6) is 0 Å². The summed E-state index contributed by atoms with van der Waals surface area (Å²) >= 11 is 0. The molecule has 0 spiro atoms. The van der Waals surface area contributed by atoms with Crippen LogP contribution in [0.25, 0.3) is 10.4 Å². The van der Waals surface area contributed by atoms with E-state index in [0.717, 1.165) is 14.0 Å². The standard InChI is InChI=1S/C48H61N3O16Si2/c1-27(2)68(28(3)4)58-26-35-36(66-69(67-68,29(5)6)30(7)8)37(40(59-31(9)52)43(60-35)50-51-49)64-48-42(63-46(55)34-24-18-13-19-25-34)39(62-45(54)33-22-16-12-17-23-33)38(41(65-48)47(56)57-10)61-44(53)32-20-14-11-15-21-32/h11-25,27-30,35-43,48H,26H2,1-10H3/t35-,36-,37+,38+,39+,40-,41+,42-,43-,48+/m1/s1. The van der Waals surface area contributed by atoms with Crippen LogP contribution in [0, 0.1) is 0 Å². The van der Waals surface area contributed by atoms with Crippen LogP contribution in [0.2, 0.25) is 22.2 Å². The summed E-state index contributed by atoms with van der Waals surface area (Å²) in [6, 6.07) is 23.4. The molecule has 0 N–H and O–H groups in total.